The van der Waals surface area contributed by atoms with Crippen molar-refractivity contribution in [1.82, 2.24) is 0 Å². The van der Waals surface area contributed by atoms with Crippen LogP contribution in [0.5, 0.6) is 0 Å². The molecule has 5 N–H and O–H groups in total. The summed E-state index contributed by atoms with van der Waals surface area (Å²) in [5.74, 6) is 0. The molecule has 0 heterocycles. The Morgan fingerprint density at radius 3 is 1.09 bits per heavy atom. The second-order valence-corrected chi connectivity index (χ2v) is 4.44. The molecular weight excluding hydrogens is 213 g/mol. The molecule has 0 fully saturated rings. The van der Waals surface area contributed by atoms with E-state index in [0.29, 0.717) is 0 Å². The second-order valence-electron chi connectivity index (χ2n) is 1.00. The molecule has 0 aromatic heterocycles. The molecule has 0 saturated heterocycles. The Balaban J connectivity index is -0.000000107. The third-order valence-corrected chi connectivity index (χ3v) is 0. The fourth-order valence-electron chi connectivity index (χ4n) is 0. The van der Waals surface area contributed by atoms with Gasteiger partial charge in [0.2, 0.25) is 0 Å². The summed E-state index contributed by atoms with van der Waals surface area (Å²) in [5, 5.41) is 0. The van der Waals surface area contributed by atoms with E-state index in [4.69, 9.17) is 33.9 Å². The van der Waals surface area contributed by atoms with Crippen molar-refractivity contribution in [2.75, 3.05) is 0 Å². The van der Waals surface area contributed by atoms with Crippen LogP contribution in [0.4, 0.5) is 0 Å². The molecular formula is H5LiO7P2S. The van der Waals surface area contributed by atoms with Crippen LogP contribution < -0.4 is 23.8 Å². The predicted octanol–water partition coefficient (Wildman–Crippen LogP) is -5.37. The van der Waals surface area contributed by atoms with E-state index >= 15 is 0 Å². The predicted molar refractivity (Wildman–Crippen MR) is 33.0 cm³/mol. The number of rotatable bonds is 0. The summed E-state index contributed by atoms with van der Waals surface area (Å²) in [4.78, 5) is 45.6. The van der Waals surface area contributed by atoms with Gasteiger partial charge in [0.15, 0.2) is 0 Å². The summed E-state index contributed by atoms with van der Waals surface area (Å²) in [6, 6.07) is 0. The van der Waals surface area contributed by atoms with E-state index in [2.05, 4.69) is 11.8 Å². The molecule has 0 atom stereocenters. The van der Waals surface area contributed by atoms with Gasteiger partial charge in [0, 0.05) is 0 Å². The van der Waals surface area contributed by atoms with Crippen molar-refractivity contribution in [3.63, 3.8) is 0 Å². The van der Waals surface area contributed by atoms with Crippen molar-refractivity contribution >= 4 is 26.3 Å². The minimum absolute atomic E-state index is 0. The summed E-state index contributed by atoms with van der Waals surface area (Å²) in [6.07, 6.45) is 0. The smallest absolute Gasteiger partial charge is 0.780 e. The van der Waals surface area contributed by atoms with Crippen LogP contribution in [0.15, 0.2) is 0 Å². The van der Waals surface area contributed by atoms with Crippen LogP contribution in [0.3, 0.4) is 0 Å². The van der Waals surface area contributed by atoms with Crippen LogP contribution in [-0.2, 0) is 16.4 Å². The van der Waals surface area contributed by atoms with Gasteiger partial charge in [0.25, 0.3) is 0 Å². The van der Waals surface area contributed by atoms with E-state index in [1.165, 1.54) is 0 Å². The zero-order valence-electron chi connectivity index (χ0n) is 5.36. The molecule has 64 valence electrons. The van der Waals surface area contributed by atoms with Crippen molar-refractivity contribution in [2.45, 2.75) is 0 Å². The van der Waals surface area contributed by atoms with Gasteiger partial charge >= 0.3 is 26.7 Å². The van der Waals surface area contributed by atoms with Gasteiger partial charge in [-0.2, -0.15) is 0 Å². The van der Waals surface area contributed by atoms with E-state index in [-0.39, 0.29) is 18.9 Å². The minimum Gasteiger partial charge on any atom is -0.780 e. The largest absolute Gasteiger partial charge is 1.00 e. The molecule has 0 saturated carbocycles. The van der Waals surface area contributed by atoms with E-state index in [1.54, 1.807) is 0 Å². The van der Waals surface area contributed by atoms with Crippen molar-refractivity contribution in [1.29, 1.82) is 0 Å². The van der Waals surface area contributed by atoms with Crippen molar-refractivity contribution < 1.29 is 52.8 Å². The summed E-state index contributed by atoms with van der Waals surface area (Å²) < 4.78 is 8.88. The molecule has 0 radical (unpaired) electrons. The third-order valence-electron chi connectivity index (χ3n) is 0. The second kappa shape index (κ2) is 6.72. The van der Waals surface area contributed by atoms with E-state index < -0.39 is 14.5 Å². The maximum Gasteiger partial charge on any atom is 1.00 e. The number of phosphoric acid groups is 1. The van der Waals surface area contributed by atoms with E-state index in [0.717, 1.165) is 0 Å². The molecule has 11 heteroatoms. The standard InChI is InChI=1S/Li.H3O4P.H3O3PS/c;1-5(2,3)4;1-4(2,3)5/h;(H3,1,2,3,4);(H3,1,2,3,5)/q+1;;/p-1. The normalized spacial score (nSPS) is 10.7. The Kier molecular flexibility index (Phi) is 11.1. The SMILES string of the molecule is O=P(O)(O)O.[Li+].[O-]P(O)(O)=S. The van der Waals surface area contributed by atoms with Crippen LogP contribution >= 0.6 is 14.5 Å². The van der Waals surface area contributed by atoms with Gasteiger partial charge in [-0.1, -0.05) is 11.8 Å². The van der Waals surface area contributed by atoms with Crippen LogP contribution in [0, 0.1) is 0 Å². The molecule has 0 aromatic carbocycles. The molecule has 0 unspecified atom stereocenters. The number of hydrogen-bond donors (Lipinski definition) is 5. The Bertz CT molecular complexity index is 129. The molecule has 0 aliphatic carbocycles. The molecule has 11 heavy (non-hydrogen) atoms. The fraction of sp³-hybridized carbons (Fsp3) is 0. The first-order valence-electron chi connectivity index (χ1n) is 1.55. The maximum absolute atomic E-state index is 9.14. The average Bonchev–Trinajstić information content (AvgIpc) is 1.12. The minimum atomic E-state index is -4.64. The van der Waals surface area contributed by atoms with Gasteiger partial charge in [0.1, 0.15) is 6.72 Å². The van der Waals surface area contributed by atoms with Gasteiger partial charge in [0.05, 0.1) is 0 Å². The number of hydrogen-bond acceptors (Lipinski definition) is 3. The summed E-state index contributed by atoms with van der Waals surface area (Å²) >= 11 is 3.49. The molecule has 7 nitrogen and oxygen atoms in total. The van der Waals surface area contributed by atoms with Gasteiger partial charge in [-0.3, -0.25) is 0 Å². The maximum atomic E-state index is 9.14. The quantitative estimate of drug-likeness (QED) is 0.200. The summed E-state index contributed by atoms with van der Waals surface area (Å²) in [7, 11) is -4.64. The fourth-order valence-corrected chi connectivity index (χ4v) is 0. The first-order chi connectivity index (χ1) is 4.00. The molecule has 0 aliphatic heterocycles. The molecule has 0 amide bonds. The molecule has 0 aromatic rings. The van der Waals surface area contributed by atoms with E-state index in [1.807, 2.05) is 0 Å². The topological polar surface area (TPSA) is 141 Å². The van der Waals surface area contributed by atoms with Gasteiger partial charge in [-0.05, 0) is 0 Å². The van der Waals surface area contributed by atoms with Gasteiger partial charge < -0.3 is 29.4 Å². The zero-order chi connectivity index (χ0) is 9.00. The Labute approximate surface area is 79.4 Å². The first kappa shape index (κ1) is 18.1. The molecule has 0 spiro atoms. The monoisotopic (exact) mass is 218 g/mol. The third kappa shape index (κ3) is 626. The summed E-state index contributed by atoms with van der Waals surface area (Å²) in [6.45, 7) is -4.06. The molecule has 0 rings (SSSR count). The van der Waals surface area contributed by atoms with Crippen LogP contribution in [0.25, 0.3) is 0 Å². The van der Waals surface area contributed by atoms with Crippen LogP contribution in [0.2, 0.25) is 0 Å². The Morgan fingerprint density at radius 1 is 1.09 bits per heavy atom. The first-order valence-corrected chi connectivity index (χ1v) is 5.74. The van der Waals surface area contributed by atoms with Gasteiger partial charge in [-0.15, -0.1) is 0 Å². The molecule has 0 bridgehead atoms. The van der Waals surface area contributed by atoms with Crippen LogP contribution in [-0.4, -0.2) is 24.5 Å². The van der Waals surface area contributed by atoms with Crippen LogP contribution in [0.1, 0.15) is 0 Å². The van der Waals surface area contributed by atoms with E-state index in [9.17, 15) is 0 Å². The van der Waals surface area contributed by atoms with Gasteiger partial charge in [-0.25, -0.2) is 4.57 Å². The molecule has 0 aliphatic rings. The van der Waals surface area contributed by atoms with Crippen molar-refractivity contribution in [2.24, 2.45) is 0 Å². The Morgan fingerprint density at radius 2 is 1.09 bits per heavy atom. The Hall–Kier alpha value is 1.24. The summed E-state index contributed by atoms with van der Waals surface area (Å²) in [5.41, 5.74) is 0. The zero-order valence-corrected chi connectivity index (χ0v) is 7.96. The average molecular weight is 218 g/mol. The van der Waals surface area contributed by atoms with Crippen molar-refractivity contribution in [3.05, 3.63) is 0 Å². The van der Waals surface area contributed by atoms with Crippen molar-refractivity contribution in [3.8, 4) is 0 Å².